The Labute approximate surface area is 203 Å². The molecule has 10 heteroatoms. The minimum Gasteiger partial charge on any atom is -0.356 e. The van der Waals surface area contributed by atoms with Gasteiger partial charge in [-0.3, -0.25) is 19.6 Å². The van der Waals surface area contributed by atoms with Crippen molar-refractivity contribution in [3.8, 4) is 11.4 Å². The highest BCUT2D eigenvalue weighted by Gasteiger charge is 2.46. The molecular weight excluding hydrogens is 446 g/mol. The van der Waals surface area contributed by atoms with E-state index in [0.29, 0.717) is 43.3 Å². The maximum absolute atomic E-state index is 13.6. The van der Waals surface area contributed by atoms with E-state index in [9.17, 15) is 9.59 Å². The lowest BCUT2D eigenvalue weighted by atomic mass is 10.00. The number of aryl methyl sites for hydroxylation is 1. The molecule has 5 rings (SSSR count). The van der Waals surface area contributed by atoms with E-state index in [1.165, 1.54) is 6.20 Å². The number of pyridine rings is 1. The molecule has 2 aliphatic rings. The predicted molar refractivity (Wildman–Crippen MR) is 126 cm³/mol. The van der Waals surface area contributed by atoms with Gasteiger partial charge in [0.05, 0.1) is 17.8 Å². The summed E-state index contributed by atoms with van der Waals surface area (Å²) in [6.07, 6.45) is 11.4. The molecule has 3 atom stereocenters. The van der Waals surface area contributed by atoms with Gasteiger partial charge < -0.3 is 14.7 Å². The van der Waals surface area contributed by atoms with Crippen molar-refractivity contribution in [2.75, 3.05) is 13.1 Å². The third-order valence-corrected chi connectivity index (χ3v) is 6.86. The summed E-state index contributed by atoms with van der Waals surface area (Å²) in [5, 5.41) is 7.21. The van der Waals surface area contributed by atoms with Crippen molar-refractivity contribution < 1.29 is 14.1 Å². The van der Waals surface area contributed by atoms with Crippen molar-refractivity contribution in [1.82, 2.24) is 35.3 Å². The highest BCUT2D eigenvalue weighted by atomic mass is 16.5. The molecule has 0 spiro atoms. The summed E-state index contributed by atoms with van der Waals surface area (Å²) >= 11 is 0. The average Bonchev–Trinajstić information content (AvgIpc) is 3.53. The van der Waals surface area contributed by atoms with Crippen LogP contribution in [0.1, 0.15) is 66.5 Å². The van der Waals surface area contributed by atoms with Gasteiger partial charge in [0.1, 0.15) is 5.69 Å². The van der Waals surface area contributed by atoms with Crippen LogP contribution >= 0.6 is 0 Å². The third kappa shape index (κ3) is 5.06. The van der Waals surface area contributed by atoms with Gasteiger partial charge in [0.15, 0.2) is 0 Å². The van der Waals surface area contributed by atoms with E-state index >= 15 is 0 Å². The average molecular weight is 476 g/mol. The summed E-state index contributed by atoms with van der Waals surface area (Å²) in [7, 11) is 0. The largest absolute Gasteiger partial charge is 0.356 e. The Bertz CT molecular complexity index is 1170. The van der Waals surface area contributed by atoms with E-state index in [1.54, 1.807) is 18.6 Å². The standard InChI is InChI=1S/C25H29N7O3/c1-16-13-29-20(15-28-16)25(34)32-10-5-3-2-4-9-27-23(33)19-11-18(12-21(19)32)24-30-22(31-35-24)17-7-6-8-26-14-17/h6-8,13-15,18-19,21H,2-5,9-12H2,1H3,(H,27,33). The Morgan fingerprint density at radius 3 is 2.80 bits per heavy atom. The molecule has 10 nitrogen and oxygen atoms in total. The molecule has 1 saturated carbocycles. The van der Waals surface area contributed by atoms with Crippen LogP contribution in [-0.4, -0.2) is 60.9 Å². The molecule has 1 N–H and O–H groups in total. The highest BCUT2D eigenvalue weighted by molar-refractivity contribution is 5.93. The van der Waals surface area contributed by atoms with Crippen molar-refractivity contribution >= 4 is 11.8 Å². The Balaban J connectivity index is 1.44. The number of fused-ring (bicyclic) bond motifs is 1. The summed E-state index contributed by atoms with van der Waals surface area (Å²) in [5.41, 5.74) is 1.81. The third-order valence-electron chi connectivity index (χ3n) is 6.86. The maximum atomic E-state index is 13.6. The zero-order chi connectivity index (χ0) is 24.2. The van der Waals surface area contributed by atoms with Gasteiger partial charge in [-0.25, -0.2) is 4.98 Å². The van der Waals surface area contributed by atoms with Crippen LogP contribution in [0.2, 0.25) is 0 Å². The van der Waals surface area contributed by atoms with Gasteiger partial charge in [0.2, 0.25) is 17.6 Å². The molecule has 0 radical (unpaired) electrons. The van der Waals surface area contributed by atoms with Gasteiger partial charge in [-0.1, -0.05) is 18.0 Å². The first-order valence-corrected chi connectivity index (χ1v) is 12.2. The molecule has 2 fully saturated rings. The minimum absolute atomic E-state index is 0.0285. The molecular formula is C25H29N7O3. The van der Waals surface area contributed by atoms with Crippen LogP contribution in [0, 0.1) is 12.8 Å². The highest BCUT2D eigenvalue weighted by Crippen LogP contribution is 2.41. The second-order valence-electron chi connectivity index (χ2n) is 9.29. The zero-order valence-corrected chi connectivity index (χ0v) is 19.8. The molecule has 3 aromatic heterocycles. The fourth-order valence-corrected chi connectivity index (χ4v) is 5.03. The number of amides is 2. The van der Waals surface area contributed by atoms with E-state index in [-0.39, 0.29) is 29.7 Å². The first-order chi connectivity index (χ1) is 17.1. The van der Waals surface area contributed by atoms with Gasteiger partial charge in [-0.05, 0) is 44.7 Å². The first-order valence-electron chi connectivity index (χ1n) is 12.2. The number of hydrogen-bond donors (Lipinski definition) is 1. The summed E-state index contributed by atoms with van der Waals surface area (Å²) in [5.74, 6) is 0.236. The van der Waals surface area contributed by atoms with Crippen LogP contribution < -0.4 is 5.32 Å². The number of carbonyl (C=O) groups excluding carboxylic acids is 2. The lowest BCUT2D eigenvalue weighted by Crippen LogP contribution is -2.47. The van der Waals surface area contributed by atoms with Crippen LogP contribution in [0.25, 0.3) is 11.4 Å². The molecule has 3 unspecified atom stereocenters. The van der Waals surface area contributed by atoms with Crippen molar-refractivity contribution in [2.24, 2.45) is 5.92 Å². The fourth-order valence-electron chi connectivity index (χ4n) is 5.03. The van der Waals surface area contributed by atoms with Crippen LogP contribution in [0.5, 0.6) is 0 Å². The van der Waals surface area contributed by atoms with Gasteiger partial charge in [0, 0.05) is 49.2 Å². The van der Waals surface area contributed by atoms with Crippen LogP contribution in [0.4, 0.5) is 0 Å². The number of carbonyl (C=O) groups is 2. The smallest absolute Gasteiger partial charge is 0.274 e. The molecule has 2 amide bonds. The van der Waals surface area contributed by atoms with Crippen molar-refractivity contribution in [3.05, 3.63) is 54.2 Å². The number of nitrogens with one attached hydrogen (secondary N) is 1. The van der Waals surface area contributed by atoms with Crippen molar-refractivity contribution in [2.45, 2.75) is 57.4 Å². The normalized spacial score (nSPS) is 23.3. The van der Waals surface area contributed by atoms with Gasteiger partial charge in [-0.15, -0.1) is 0 Å². The maximum Gasteiger partial charge on any atom is 0.274 e. The summed E-state index contributed by atoms with van der Waals surface area (Å²) in [6.45, 7) is 3.05. The van der Waals surface area contributed by atoms with E-state index in [2.05, 4.69) is 30.4 Å². The topological polar surface area (TPSA) is 127 Å². The Hall–Kier alpha value is -3.69. The van der Waals surface area contributed by atoms with E-state index in [4.69, 9.17) is 4.52 Å². The van der Waals surface area contributed by atoms with Gasteiger partial charge in [0.25, 0.3) is 5.91 Å². The molecule has 3 aromatic rings. The molecule has 0 bridgehead atoms. The first kappa shape index (κ1) is 23.1. The molecule has 1 aliphatic heterocycles. The Kier molecular flexibility index (Phi) is 6.78. The number of aromatic nitrogens is 5. The Morgan fingerprint density at radius 1 is 1.11 bits per heavy atom. The SMILES string of the molecule is Cc1cnc(C(=O)N2CCCCCCNC(=O)C3CC(c4nc(-c5cccnc5)no4)CC32)cn1. The lowest BCUT2D eigenvalue weighted by Gasteiger charge is -2.32. The molecule has 1 aliphatic carbocycles. The van der Waals surface area contributed by atoms with Gasteiger partial charge in [-0.2, -0.15) is 4.98 Å². The summed E-state index contributed by atoms with van der Waals surface area (Å²) < 4.78 is 5.62. The van der Waals surface area contributed by atoms with Crippen LogP contribution in [0.3, 0.4) is 0 Å². The second-order valence-corrected chi connectivity index (χ2v) is 9.29. The van der Waals surface area contributed by atoms with Crippen molar-refractivity contribution in [3.63, 3.8) is 0 Å². The number of hydrogen-bond acceptors (Lipinski definition) is 8. The van der Waals surface area contributed by atoms with Gasteiger partial charge >= 0.3 is 0 Å². The van der Waals surface area contributed by atoms with Crippen molar-refractivity contribution in [1.29, 1.82) is 0 Å². The quantitative estimate of drug-likeness (QED) is 0.613. The monoisotopic (exact) mass is 475 g/mol. The second kappa shape index (κ2) is 10.3. The summed E-state index contributed by atoms with van der Waals surface area (Å²) in [6, 6.07) is 3.40. The van der Waals surface area contributed by atoms with Crippen LogP contribution in [-0.2, 0) is 4.79 Å². The minimum atomic E-state index is -0.366. The van der Waals surface area contributed by atoms with E-state index in [0.717, 1.165) is 36.9 Å². The van der Waals surface area contributed by atoms with E-state index in [1.807, 2.05) is 24.0 Å². The number of rotatable bonds is 3. The predicted octanol–water partition coefficient (Wildman–Crippen LogP) is 2.92. The van der Waals surface area contributed by atoms with Crippen LogP contribution in [0.15, 0.2) is 41.4 Å². The molecule has 35 heavy (non-hydrogen) atoms. The van der Waals surface area contributed by atoms with E-state index < -0.39 is 0 Å². The number of nitrogens with zero attached hydrogens (tertiary/aromatic N) is 6. The lowest BCUT2D eigenvalue weighted by molar-refractivity contribution is -0.126. The molecule has 0 aromatic carbocycles. The fraction of sp³-hybridized carbons (Fsp3) is 0.480. The molecule has 1 saturated heterocycles. The molecule has 182 valence electrons. The summed E-state index contributed by atoms with van der Waals surface area (Å²) in [4.78, 5) is 45.9. The Morgan fingerprint density at radius 2 is 2.00 bits per heavy atom. The molecule has 4 heterocycles. The zero-order valence-electron chi connectivity index (χ0n) is 19.8.